The summed E-state index contributed by atoms with van der Waals surface area (Å²) in [6, 6.07) is 9.69. The van der Waals surface area contributed by atoms with Gasteiger partial charge in [0.1, 0.15) is 12.4 Å². The van der Waals surface area contributed by atoms with Crippen molar-refractivity contribution in [3.8, 4) is 11.5 Å². The molecule has 1 aliphatic rings. The largest absolute Gasteiger partial charge is 0.493 e. The van der Waals surface area contributed by atoms with E-state index < -0.39 is 0 Å². The highest BCUT2D eigenvalue weighted by Gasteiger charge is 2.26. The first kappa shape index (κ1) is 24.3. The van der Waals surface area contributed by atoms with Crippen LogP contribution in [-0.4, -0.2) is 42.7 Å². The van der Waals surface area contributed by atoms with Gasteiger partial charge in [-0.25, -0.2) is 0 Å². The topological polar surface area (TPSA) is 76.8 Å². The Hall–Kier alpha value is -2.84. The van der Waals surface area contributed by atoms with Gasteiger partial charge in [0.15, 0.2) is 11.5 Å². The fourth-order valence-corrected chi connectivity index (χ4v) is 5.17. The summed E-state index contributed by atoms with van der Waals surface area (Å²) in [6.45, 7) is 9.06. The quantitative estimate of drug-likeness (QED) is 0.454. The van der Waals surface area contributed by atoms with Crippen LogP contribution in [0.5, 0.6) is 11.5 Å². The lowest BCUT2D eigenvalue weighted by Gasteiger charge is -2.36. The van der Waals surface area contributed by atoms with Gasteiger partial charge in [-0.05, 0) is 75.3 Å². The maximum atomic E-state index is 13.0. The van der Waals surface area contributed by atoms with Crippen molar-refractivity contribution in [2.24, 2.45) is 5.92 Å². The molecular formula is C26H33N3O4S. The number of nitrogens with zero attached hydrogens (tertiary/aromatic N) is 2. The molecule has 1 amide bonds. The van der Waals surface area contributed by atoms with Crippen LogP contribution in [0, 0.1) is 19.8 Å². The van der Waals surface area contributed by atoms with E-state index in [2.05, 4.69) is 39.8 Å². The van der Waals surface area contributed by atoms with Gasteiger partial charge in [0, 0.05) is 17.0 Å². The summed E-state index contributed by atoms with van der Waals surface area (Å²) in [5, 5.41) is 9.20. The molecule has 8 heteroatoms. The Bertz CT molecular complexity index is 1070. The van der Waals surface area contributed by atoms with Crippen molar-refractivity contribution in [2.75, 3.05) is 26.7 Å². The van der Waals surface area contributed by atoms with Crippen molar-refractivity contribution in [3.05, 3.63) is 63.2 Å². The molecule has 1 aromatic carbocycles. The van der Waals surface area contributed by atoms with E-state index in [4.69, 9.17) is 14.0 Å². The number of benzene rings is 1. The van der Waals surface area contributed by atoms with Gasteiger partial charge < -0.3 is 19.3 Å². The number of likely N-dealkylation sites (tertiary alicyclic amines) is 1. The first-order chi connectivity index (χ1) is 16.5. The lowest BCUT2D eigenvalue weighted by Crippen LogP contribution is -2.41. The standard InChI is InChI=1S/C26H33N3O4S/c1-17-9-11-29(12-10-17)22(25-6-5-13-34-25)15-27-26(30)20-7-8-23(24(14-20)31-4)32-16-21-18(2)28-33-19(21)3/h5-8,13-14,17,22H,9-12,15-16H2,1-4H3,(H,27,30). The minimum Gasteiger partial charge on any atom is -0.493 e. The number of hydrogen-bond donors (Lipinski definition) is 1. The first-order valence-corrected chi connectivity index (χ1v) is 12.6. The third-order valence-corrected chi connectivity index (χ3v) is 7.54. The van der Waals surface area contributed by atoms with Gasteiger partial charge in [0.05, 0.1) is 24.4 Å². The number of ether oxygens (including phenoxy) is 2. The molecule has 7 nitrogen and oxygen atoms in total. The Morgan fingerprint density at radius 1 is 1.26 bits per heavy atom. The summed E-state index contributed by atoms with van der Waals surface area (Å²) >= 11 is 1.75. The Balaban J connectivity index is 1.41. The van der Waals surface area contributed by atoms with Gasteiger partial charge in [-0.2, -0.15) is 0 Å². The molecule has 182 valence electrons. The number of rotatable bonds is 9. The maximum absolute atomic E-state index is 13.0. The highest BCUT2D eigenvalue weighted by Crippen LogP contribution is 2.31. The first-order valence-electron chi connectivity index (χ1n) is 11.7. The molecule has 0 spiro atoms. The molecule has 1 N–H and O–H groups in total. The average molecular weight is 484 g/mol. The van der Waals surface area contributed by atoms with Gasteiger partial charge in [-0.15, -0.1) is 11.3 Å². The molecule has 0 radical (unpaired) electrons. The maximum Gasteiger partial charge on any atom is 0.251 e. The highest BCUT2D eigenvalue weighted by molar-refractivity contribution is 7.10. The molecule has 1 atom stereocenters. The van der Waals surface area contributed by atoms with E-state index in [0.717, 1.165) is 36.0 Å². The number of thiophene rings is 1. The molecule has 1 aliphatic heterocycles. The van der Waals surface area contributed by atoms with E-state index in [1.165, 1.54) is 17.7 Å². The van der Waals surface area contributed by atoms with Gasteiger partial charge in [-0.3, -0.25) is 9.69 Å². The Kier molecular flexibility index (Phi) is 7.90. The lowest BCUT2D eigenvalue weighted by atomic mass is 9.97. The Labute approximate surface area is 205 Å². The molecule has 1 saturated heterocycles. The zero-order valence-corrected chi connectivity index (χ0v) is 21.1. The molecule has 4 rings (SSSR count). The summed E-state index contributed by atoms with van der Waals surface area (Å²) in [5.41, 5.74) is 2.25. The summed E-state index contributed by atoms with van der Waals surface area (Å²) in [6.07, 6.45) is 2.39. The predicted octanol–water partition coefficient (Wildman–Crippen LogP) is 5.14. The zero-order chi connectivity index (χ0) is 24.1. The number of methoxy groups -OCH3 is 1. The molecule has 1 unspecified atom stereocenters. The molecule has 0 saturated carbocycles. The summed E-state index contributed by atoms with van der Waals surface area (Å²) < 4.78 is 16.6. The number of aromatic nitrogens is 1. The second-order valence-electron chi connectivity index (χ2n) is 8.92. The van der Waals surface area contributed by atoms with Crippen molar-refractivity contribution in [2.45, 2.75) is 46.3 Å². The normalized spacial score (nSPS) is 15.8. The number of nitrogens with one attached hydrogen (secondary N) is 1. The average Bonchev–Trinajstić information content (AvgIpc) is 3.49. The van der Waals surface area contributed by atoms with Gasteiger partial charge in [-0.1, -0.05) is 18.1 Å². The van der Waals surface area contributed by atoms with Crippen LogP contribution < -0.4 is 14.8 Å². The monoisotopic (exact) mass is 483 g/mol. The molecule has 0 bridgehead atoms. The number of hydrogen-bond acceptors (Lipinski definition) is 7. The predicted molar refractivity (Wildman–Crippen MR) is 133 cm³/mol. The zero-order valence-electron chi connectivity index (χ0n) is 20.3. The summed E-state index contributed by atoms with van der Waals surface area (Å²) in [7, 11) is 1.57. The third kappa shape index (κ3) is 5.62. The highest BCUT2D eigenvalue weighted by atomic mass is 32.1. The smallest absolute Gasteiger partial charge is 0.251 e. The van der Waals surface area contributed by atoms with Crippen molar-refractivity contribution >= 4 is 17.2 Å². The lowest BCUT2D eigenvalue weighted by molar-refractivity contribution is 0.0914. The van der Waals surface area contributed by atoms with Gasteiger partial charge in [0.25, 0.3) is 5.91 Å². The number of piperidine rings is 1. The second kappa shape index (κ2) is 11.1. The number of carbonyl (C=O) groups excluding carboxylic acids is 1. The fourth-order valence-electron chi connectivity index (χ4n) is 4.31. The molecule has 34 heavy (non-hydrogen) atoms. The van der Waals surface area contributed by atoms with Crippen LogP contribution in [0.1, 0.15) is 58.1 Å². The van der Waals surface area contributed by atoms with E-state index >= 15 is 0 Å². The molecule has 1 fully saturated rings. The van der Waals surface area contributed by atoms with Crippen molar-refractivity contribution in [1.29, 1.82) is 0 Å². The van der Waals surface area contributed by atoms with Gasteiger partial charge >= 0.3 is 0 Å². The number of carbonyl (C=O) groups is 1. The van der Waals surface area contributed by atoms with E-state index in [1.807, 2.05) is 13.8 Å². The molecule has 0 aliphatic carbocycles. The van der Waals surface area contributed by atoms with E-state index in [-0.39, 0.29) is 11.9 Å². The third-order valence-electron chi connectivity index (χ3n) is 6.57. The van der Waals surface area contributed by atoms with Gasteiger partial charge in [0.2, 0.25) is 0 Å². The number of amides is 1. The van der Waals surface area contributed by atoms with E-state index in [0.29, 0.717) is 30.2 Å². The Morgan fingerprint density at radius 3 is 2.71 bits per heavy atom. The molecule has 3 heterocycles. The van der Waals surface area contributed by atoms with E-state index in [1.54, 1.807) is 36.6 Å². The van der Waals surface area contributed by atoms with Crippen molar-refractivity contribution < 1.29 is 18.8 Å². The van der Waals surface area contributed by atoms with E-state index in [9.17, 15) is 4.79 Å². The van der Waals surface area contributed by atoms with Crippen LogP contribution in [0.15, 0.2) is 40.2 Å². The SMILES string of the molecule is COc1cc(C(=O)NCC(c2cccs2)N2CCC(C)CC2)ccc1OCc1c(C)noc1C. The molecule has 2 aromatic heterocycles. The molecular weight excluding hydrogens is 450 g/mol. The minimum atomic E-state index is -0.123. The molecule has 3 aromatic rings. The van der Waals surface area contributed by atoms with Crippen LogP contribution >= 0.6 is 11.3 Å². The Morgan fingerprint density at radius 2 is 2.06 bits per heavy atom. The van der Waals surface area contributed by atoms with Crippen LogP contribution in [0.4, 0.5) is 0 Å². The van der Waals surface area contributed by atoms with Crippen molar-refractivity contribution in [1.82, 2.24) is 15.4 Å². The van der Waals surface area contributed by atoms with Crippen LogP contribution in [0.2, 0.25) is 0 Å². The summed E-state index contributed by atoms with van der Waals surface area (Å²) in [5.74, 6) is 2.45. The number of aryl methyl sites for hydroxylation is 2. The van der Waals surface area contributed by atoms with Crippen LogP contribution in [0.3, 0.4) is 0 Å². The van der Waals surface area contributed by atoms with Crippen LogP contribution in [-0.2, 0) is 6.61 Å². The fraction of sp³-hybridized carbons (Fsp3) is 0.462. The summed E-state index contributed by atoms with van der Waals surface area (Å²) in [4.78, 5) is 16.8. The van der Waals surface area contributed by atoms with Crippen LogP contribution in [0.25, 0.3) is 0 Å². The van der Waals surface area contributed by atoms with Crippen molar-refractivity contribution in [3.63, 3.8) is 0 Å². The minimum absolute atomic E-state index is 0.123. The second-order valence-corrected chi connectivity index (χ2v) is 9.90.